The number of aliphatic carboxylic acids is 1. The Kier molecular flexibility index (Phi) is 7.88. The molecule has 1 aromatic rings. The molecule has 150 valence electrons. The van der Waals surface area contributed by atoms with E-state index < -0.39 is 11.4 Å². The number of ether oxygens (including phenoxy) is 1. The number of nitrogens with zero attached hydrogens (tertiary/aromatic N) is 2. The van der Waals surface area contributed by atoms with Crippen LogP contribution in [0.4, 0.5) is 0 Å². The summed E-state index contributed by atoms with van der Waals surface area (Å²) >= 11 is 0. The van der Waals surface area contributed by atoms with Gasteiger partial charge in [0.15, 0.2) is 0 Å². The Bertz CT molecular complexity index is 765. The minimum Gasteiger partial charge on any atom is -0.492 e. The molecule has 0 radical (unpaired) electrons. The molecule has 2 rings (SSSR count). The van der Waals surface area contributed by atoms with Gasteiger partial charge in [-0.2, -0.15) is 10.5 Å². The van der Waals surface area contributed by atoms with Crippen LogP contribution in [0.5, 0.6) is 5.75 Å². The number of carbonyl (C=O) groups is 1. The van der Waals surface area contributed by atoms with Crippen molar-refractivity contribution in [2.45, 2.75) is 77.0 Å². The van der Waals surface area contributed by atoms with Crippen molar-refractivity contribution in [2.24, 2.45) is 5.92 Å². The zero-order chi connectivity index (χ0) is 20.6. The van der Waals surface area contributed by atoms with Gasteiger partial charge in [0, 0.05) is 0 Å². The molecule has 0 saturated heterocycles. The third kappa shape index (κ3) is 4.47. The van der Waals surface area contributed by atoms with E-state index in [2.05, 4.69) is 26.0 Å². The molecule has 0 amide bonds. The van der Waals surface area contributed by atoms with E-state index in [1.165, 1.54) is 0 Å². The van der Waals surface area contributed by atoms with Crippen LogP contribution in [-0.2, 0) is 10.2 Å². The van der Waals surface area contributed by atoms with Crippen LogP contribution in [-0.4, -0.2) is 17.7 Å². The molecule has 0 bridgehead atoms. The zero-order valence-electron chi connectivity index (χ0n) is 17.0. The number of hydrogen-bond acceptors (Lipinski definition) is 4. The summed E-state index contributed by atoms with van der Waals surface area (Å²) in [7, 11) is 0. The lowest BCUT2D eigenvalue weighted by Crippen LogP contribution is -2.40. The van der Waals surface area contributed by atoms with Gasteiger partial charge in [-0.1, -0.05) is 45.6 Å². The van der Waals surface area contributed by atoms with Crippen molar-refractivity contribution in [3.05, 3.63) is 28.8 Å². The first-order valence-electron chi connectivity index (χ1n) is 10.4. The van der Waals surface area contributed by atoms with Crippen molar-refractivity contribution < 1.29 is 14.6 Å². The normalized spacial score (nSPS) is 21.5. The molecule has 0 spiro atoms. The molecule has 1 saturated carbocycles. The van der Waals surface area contributed by atoms with E-state index in [1.54, 1.807) is 12.1 Å². The quantitative estimate of drug-likeness (QED) is 0.584. The maximum absolute atomic E-state index is 12.3. The van der Waals surface area contributed by atoms with Crippen molar-refractivity contribution in [3.63, 3.8) is 0 Å². The molecule has 1 aliphatic carbocycles. The molecule has 0 heterocycles. The fourth-order valence-electron chi connectivity index (χ4n) is 4.33. The largest absolute Gasteiger partial charge is 0.492 e. The van der Waals surface area contributed by atoms with Gasteiger partial charge in [0.1, 0.15) is 23.5 Å². The molecule has 0 aromatic heterocycles. The Morgan fingerprint density at radius 3 is 2.36 bits per heavy atom. The van der Waals surface area contributed by atoms with Crippen molar-refractivity contribution in [3.8, 4) is 17.9 Å². The summed E-state index contributed by atoms with van der Waals surface area (Å²) in [6.45, 7) is 4.73. The second-order valence-electron chi connectivity index (χ2n) is 7.76. The molecule has 1 fully saturated rings. The number of hydrogen-bond donors (Lipinski definition) is 1. The molecular weight excluding hydrogens is 352 g/mol. The first-order valence-corrected chi connectivity index (χ1v) is 10.4. The summed E-state index contributed by atoms with van der Waals surface area (Å²) in [5, 5.41) is 29.5. The second-order valence-corrected chi connectivity index (χ2v) is 7.76. The molecule has 0 aliphatic heterocycles. The van der Waals surface area contributed by atoms with Gasteiger partial charge in [0.25, 0.3) is 0 Å². The van der Waals surface area contributed by atoms with Gasteiger partial charge in [-0.25, -0.2) is 0 Å². The van der Waals surface area contributed by atoms with E-state index >= 15 is 0 Å². The highest BCUT2D eigenvalue weighted by Crippen LogP contribution is 2.45. The van der Waals surface area contributed by atoms with Gasteiger partial charge in [0.2, 0.25) is 0 Å². The van der Waals surface area contributed by atoms with Crippen LogP contribution < -0.4 is 4.74 Å². The maximum atomic E-state index is 12.3. The zero-order valence-corrected chi connectivity index (χ0v) is 17.0. The maximum Gasteiger partial charge on any atom is 0.314 e. The second kappa shape index (κ2) is 10.1. The summed E-state index contributed by atoms with van der Waals surface area (Å²) in [5.41, 5.74) is -0.309. The first-order chi connectivity index (χ1) is 13.5. The lowest BCUT2D eigenvalue weighted by Gasteiger charge is -2.38. The molecule has 1 aliphatic rings. The minimum atomic E-state index is -1.10. The molecular formula is C23H30N2O3. The highest BCUT2D eigenvalue weighted by Gasteiger charge is 2.45. The Hall–Kier alpha value is -2.53. The molecule has 0 atom stereocenters. The van der Waals surface area contributed by atoms with Gasteiger partial charge in [0.05, 0.1) is 17.6 Å². The number of carboxylic acid groups (broad SMARTS) is 1. The summed E-state index contributed by atoms with van der Waals surface area (Å²) in [5.74, 6) is 0.0122. The van der Waals surface area contributed by atoms with E-state index in [1.807, 2.05) is 0 Å². The van der Waals surface area contributed by atoms with Gasteiger partial charge in [-0.05, 0) is 49.7 Å². The smallest absolute Gasteiger partial charge is 0.314 e. The predicted octanol–water partition coefficient (Wildman–Crippen LogP) is 5.31. The Balaban J connectivity index is 2.39. The molecule has 0 unspecified atom stereocenters. The summed E-state index contributed by atoms with van der Waals surface area (Å²) in [6.07, 6.45) is 7.86. The van der Waals surface area contributed by atoms with Gasteiger partial charge >= 0.3 is 5.97 Å². The fraction of sp³-hybridized carbons (Fsp3) is 0.609. The van der Waals surface area contributed by atoms with Crippen LogP contribution in [0, 0.1) is 28.6 Å². The van der Waals surface area contributed by atoms with Gasteiger partial charge in [-0.15, -0.1) is 0 Å². The minimum absolute atomic E-state index is 0.159. The molecule has 5 heteroatoms. The van der Waals surface area contributed by atoms with Gasteiger partial charge < -0.3 is 9.84 Å². The lowest BCUT2D eigenvalue weighted by molar-refractivity contribution is -0.145. The van der Waals surface area contributed by atoms with E-state index in [4.69, 9.17) is 4.74 Å². The average Bonchev–Trinajstić information content (AvgIpc) is 2.71. The van der Waals surface area contributed by atoms with Crippen LogP contribution >= 0.6 is 0 Å². The summed E-state index contributed by atoms with van der Waals surface area (Å²) < 4.78 is 5.74. The van der Waals surface area contributed by atoms with Crippen molar-refractivity contribution in [1.82, 2.24) is 0 Å². The molecule has 1 aromatic carbocycles. The highest BCUT2D eigenvalue weighted by atomic mass is 16.5. The number of unbranched alkanes of at least 4 members (excludes halogenated alkanes) is 2. The van der Waals surface area contributed by atoms with Crippen molar-refractivity contribution >= 4 is 5.97 Å². The summed E-state index contributed by atoms with van der Waals surface area (Å²) in [4.78, 5) is 12.3. The van der Waals surface area contributed by atoms with Crippen molar-refractivity contribution in [2.75, 3.05) is 6.61 Å². The highest BCUT2D eigenvalue weighted by molar-refractivity contribution is 5.83. The number of carboxylic acids is 1. The first kappa shape index (κ1) is 21.8. The van der Waals surface area contributed by atoms with E-state index in [-0.39, 0.29) is 11.1 Å². The lowest BCUT2D eigenvalue weighted by atomic mass is 9.64. The van der Waals surface area contributed by atoms with Crippen LogP contribution in [0.3, 0.4) is 0 Å². The van der Waals surface area contributed by atoms with E-state index in [0.29, 0.717) is 36.7 Å². The number of nitriles is 2. The third-order valence-corrected chi connectivity index (χ3v) is 5.98. The van der Waals surface area contributed by atoms with Crippen LogP contribution in [0.2, 0.25) is 0 Å². The predicted molar refractivity (Wildman–Crippen MR) is 107 cm³/mol. The fourth-order valence-corrected chi connectivity index (χ4v) is 4.33. The van der Waals surface area contributed by atoms with Crippen molar-refractivity contribution in [1.29, 1.82) is 10.5 Å². The Morgan fingerprint density at radius 2 is 1.82 bits per heavy atom. The average molecular weight is 383 g/mol. The standard InChI is InChI=1S/C23H30N2O3/c1-3-5-6-14-28-21-9-8-20(18(15-24)19(21)16-25)23(22(26)27)12-10-17(7-4-2)11-13-23/h8-9,17H,3-7,10-14H2,1-2H3,(H,26,27). The van der Waals surface area contributed by atoms with Crippen LogP contribution in [0.25, 0.3) is 0 Å². The third-order valence-electron chi connectivity index (χ3n) is 5.98. The number of benzene rings is 1. The van der Waals surface area contributed by atoms with Gasteiger partial charge in [-0.3, -0.25) is 4.79 Å². The Labute approximate surface area is 167 Å². The number of rotatable bonds is 9. The van der Waals surface area contributed by atoms with E-state index in [0.717, 1.165) is 44.9 Å². The Morgan fingerprint density at radius 1 is 1.14 bits per heavy atom. The monoisotopic (exact) mass is 382 g/mol. The van der Waals surface area contributed by atoms with Crippen LogP contribution in [0.1, 0.15) is 88.3 Å². The summed E-state index contributed by atoms with van der Waals surface area (Å²) in [6, 6.07) is 7.55. The topological polar surface area (TPSA) is 94.1 Å². The van der Waals surface area contributed by atoms with Crippen LogP contribution in [0.15, 0.2) is 12.1 Å². The molecule has 5 nitrogen and oxygen atoms in total. The molecule has 28 heavy (non-hydrogen) atoms. The van der Waals surface area contributed by atoms with E-state index in [9.17, 15) is 20.4 Å². The SMILES string of the molecule is CCCCCOc1ccc(C2(C(=O)O)CCC(CCC)CC2)c(C#N)c1C#N. The molecule has 1 N–H and O–H groups in total.